The smallest absolute Gasteiger partial charge is 0.185 e. The molecule has 1 aliphatic carbocycles. The molecule has 0 aromatic heterocycles. The highest BCUT2D eigenvalue weighted by Crippen LogP contribution is 2.34. The van der Waals surface area contributed by atoms with Gasteiger partial charge in [0.1, 0.15) is 0 Å². The van der Waals surface area contributed by atoms with Crippen molar-refractivity contribution in [2.45, 2.75) is 39.7 Å². The van der Waals surface area contributed by atoms with E-state index in [1.807, 2.05) is 13.0 Å². The van der Waals surface area contributed by atoms with Crippen molar-refractivity contribution >= 4 is 5.78 Å². The third kappa shape index (κ3) is 2.13. The highest BCUT2D eigenvalue weighted by Gasteiger charge is 2.30. The molecule has 0 aliphatic heterocycles. The summed E-state index contributed by atoms with van der Waals surface area (Å²) in [6, 6.07) is -0.140. The SMILES string of the molecule is C=C1CC(C)(C)C=C(C(N)CC)C1=O. The van der Waals surface area contributed by atoms with Crippen molar-refractivity contribution < 1.29 is 4.79 Å². The summed E-state index contributed by atoms with van der Waals surface area (Å²) < 4.78 is 0. The molecule has 0 radical (unpaired) electrons. The Morgan fingerprint density at radius 3 is 2.71 bits per heavy atom. The van der Waals surface area contributed by atoms with Crippen LogP contribution >= 0.6 is 0 Å². The quantitative estimate of drug-likeness (QED) is 0.683. The second-order valence-corrected chi connectivity index (χ2v) is 4.71. The van der Waals surface area contributed by atoms with Crippen LogP contribution in [0.1, 0.15) is 33.6 Å². The van der Waals surface area contributed by atoms with Crippen molar-refractivity contribution in [3.05, 3.63) is 23.8 Å². The minimum atomic E-state index is -0.140. The molecule has 0 aromatic carbocycles. The second kappa shape index (κ2) is 3.70. The molecule has 1 unspecified atom stereocenters. The van der Waals surface area contributed by atoms with Crippen LogP contribution in [0, 0.1) is 5.41 Å². The van der Waals surface area contributed by atoms with Gasteiger partial charge in [-0.15, -0.1) is 0 Å². The second-order valence-electron chi connectivity index (χ2n) is 4.71. The first-order valence-electron chi connectivity index (χ1n) is 5.08. The first-order valence-corrected chi connectivity index (χ1v) is 5.08. The summed E-state index contributed by atoms with van der Waals surface area (Å²) in [7, 11) is 0. The summed E-state index contributed by atoms with van der Waals surface area (Å²) >= 11 is 0. The third-order valence-electron chi connectivity index (χ3n) is 2.64. The molecule has 2 N–H and O–H groups in total. The zero-order chi connectivity index (χ0) is 10.9. The van der Waals surface area contributed by atoms with Crippen LogP contribution in [0.25, 0.3) is 0 Å². The minimum absolute atomic E-state index is 0.0209. The van der Waals surface area contributed by atoms with Gasteiger partial charge in [0.05, 0.1) is 0 Å². The Hall–Kier alpha value is -0.890. The standard InChI is InChI=1S/C12H19NO/c1-5-10(13)9-7-12(3,4)6-8(2)11(9)14/h7,10H,2,5-6,13H2,1,3-4H3. The molecule has 0 saturated carbocycles. The third-order valence-corrected chi connectivity index (χ3v) is 2.64. The van der Waals surface area contributed by atoms with Crippen molar-refractivity contribution in [2.75, 3.05) is 0 Å². The molecule has 0 amide bonds. The fourth-order valence-corrected chi connectivity index (χ4v) is 1.87. The van der Waals surface area contributed by atoms with Crippen LogP contribution in [0.2, 0.25) is 0 Å². The molecule has 2 nitrogen and oxygen atoms in total. The lowest BCUT2D eigenvalue weighted by atomic mass is 9.75. The average Bonchev–Trinajstić information content (AvgIpc) is 2.09. The van der Waals surface area contributed by atoms with Crippen LogP contribution in [0.15, 0.2) is 23.8 Å². The summed E-state index contributed by atoms with van der Waals surface area (Å²) in [6.45, 7) is 10.0. The first kappa shape index (κ1) is 11.2. The predicted octanol–water partition coefficient (Wildman–Crippen LogP) is 2.21. The van der Waals surface area contributed by atoms with E-state index in [0.29, 0.717) is 5.57 Å². The fourth-order valence-electron chi connectivity index (χ4n) is 1.87. The van der Waals surface area contributed by atoms with E-state index in [2.05, 4.69) is 20.4 Å². The topological polar surface area (TPSA) is 43.1 Å². The van der Waals surface area contributed by atoms with Gasteiger partial charge in [-0.05, 0) is 23.8 Å². The van der Waals surface area contributed by atoms with Gasteiger partial charge in [-0.3, -0.25) is 4.79 Å². The van der Waals surface area contributed by atoms with E-state index < -0.39 is 0 Å². The summed E-state index contributed by atoms with van der Waals surface area (Å²) in [5.74, 6) is 0.0543. The van der Waals surface area contributed by atoms with Gasteiger partial charge in [0.15, 0.2) is 5.78 Å². The predicted molar refractivity (Wildman–Crippen MR) is 58.9 cm³/mol. The molecule has 1 aliphatic rings. The monoisotopic (exact) mass is 193 g/mol. The van der Waals surface area contributed by atoms with Crippen molar-refractivity contribution in [3.63, 3.8) is 0 Å². The number of hydrogen-bond acceptors (Lipinski definition) is 2. The lowest BCUT2D eigenvalue weighted by Crippen LogP contribution is -2.32. The zero-order valence-electron chi connectivity index (χ0n) is 9.26. The summed E-state index contributed by atoms with van der Waals surface area (Å²) in [6.07, 6.45) is 3.55. The molecule has 14 heavy (non-hydrogen) atoms. The van der Waals surface area contributed by atoms with Gasteiger partial charge in [-0.2, -0.15) is 0 Å². The summed E-state index contributed by atoms with van der Waals surface area (Å²) in [5, 5.41) is 0. The highest BCUT2D eigenvalue weighted by molar-refractivity contribution is 6.09. The Kier molecular flexibility index (Phi) is 2.95. The van der Waals surface area contributed by atoms with Gasteiger partial charge in [0.2, 0.25) is 0 Å². The Bertz CT molecular complexity index is 299. The van der Waals surface area contributed by atoms with E-state index in [1.54, 1.807) is 0 Å². The summed E-state index contributed by atoms with van der Waals surface area (Å²) in [4.78, 5) is 11.8. The maximum absolute atomic E-state index is 11.8. The van der Waals surface area contributed by atoms with E-state index in [4.69, 9.17) is 5.73 Å². The molecule has 1 atom stereocenters. The number of allylic oxidation sites excluding steroid dienone is 2. The Balaban J connectivity index is 3.06. The number of carbonyl (C=O) groups excluding carboxylic acids is 1. The van der Waals surface area contributed by atoms with Gasteiger partial charge >= 0.3 is 0 Å². The molecule has 0 saturated heterocycles. The zero-order valence-corrected chi connectivity index (χ0v) is 9.26. The lowest BCUT2D eigenvalue weighted by molar-refractivity contribution is -0.113. The molecule has 0 bridgehead atoms. The van der Waals surface area contributed by atoms with Gasteiger partial charge in [-0.25, -0.2) is 0 Å². The Labute approximate surface area is 85.9 Å². The van der Waals surface area contributed by atoms with E-state index >= 15 is 0 Å². The summed E-state index contributed by atoms with van der Waals surface area (Å²) in [5.41, 5.74) is 7.35. The molecule has 0 heterocycles. The van der Waals surface area contributed by atoms with Crippen LogP contribution in [-0.4, -0.2) is 11.8 Å². The number of nitrogens with two attached hydrogens (primary N) is 1. The molecule has 2 heteroatoms. The van der Waals surface area contributed by atoms with Crippen LogP contribution in [-0.2, 0) is 4.79 Å². The maximum Gasteiger partial charge on any atom is 0.185 e. The largest absolute Gasteiger partial charge is 0.324 e. The van der Waals surface area contributed by atoms with Gasteiger partial charge < -0.3 is 5.73 Å². The maximum atomic E-state index is 11.8. The van der Waals surface area contributed by atoms with E-state index in [1.165, 1.54) is 0 Å². The molecular formula is C12H19NO. The number of hydrogen-bond donors (Lipinski definition) is 1. The van der Waals surface area contributed by atoms with Crippen molar-refractivity contribution in [2.24, 2.45) is 11.1 Å². The molecule has 1 rings (SSSR count). The molecule has 0 aromatic rings. The Morgan fingerprint density at radius 2 is 2.21 bits per heavy atom. The molecule has 78 valence electrons. The molecular weight excluding hydrogens is 174 g/mol. The van der Waals surface area contributed by atoms with Crippen molar-refractivity contribution in [1.82, 2.24) is 0 Å². The average molecular weight is 193 g/mol. The van der Waals surface area contributed by atoms with E-state index in [0.717, 1.165) is 18.4 Å². The van der Waals surface area contributed by atoms with Gasteiger partial charge in [-0.1, -0.05) is 33.4 Å². The van der Waals surface area contributed by atoms with Crippen molar-refractivity contribution in [1.29, 1.82) is 0 Å². The number of ketones is 1. The van der Waals surface area contributed by atoms with Crippen LogP contribution in [0.3, 0.4) is 0 Å². The Morgan fingerprint density at radius 1 is 1.64 bits per heavy atom. The highest BCUT2D eigenvalue weighted by atomic mass is 16.1. The number of Topliss-reactive ketones (excluding diaryl/α,β-unsaturated/α-hetero) is 1. The van der Waals surface area contributed by atoms with E-state index in [-0.39, 0.29) is 17.2 Å². The molecule has 0 fully saturated rings. The van der Waals surface area contributed by atoms with Crippen LogP contribution < -0.4 is 5.73 Å². The minimum Gasteiger partial charge on any atom is -0.324 e. The number of rotatable bonds is 2. The van der Waals surface area contributed by atoms with E-state index in [9.17, 15) is 4.79 Å². The van der Waals surface area contributed by atoms with Crippen LogP contribution in [0.5, 0.6) is 0 Å². The lowest BCUT2D eigenvalue weighted by Gasteiger charge is -2.30. The van der Waals surface area contributed by atoms with Crippen LogP contribution in [0.4, 0.5) is 0 Å². The number of carbonyl (C=O) groups is 1. The normalized spacial score (nSPS) is 23.3. The van der Waals surface area contributed by atoms with Crippen molar-refractivity contribution in [3.8, 4) is 0 Å². The van der Waals surface area contributed by atoms with Gasteiger partial charge in [0.25, 0.3) is 0 Å². The molecule has 0 spiro atoms. The fraction of sp³-hybridized carbons (Fsp3) is 0.583. The first-order chi connectivity index (χ1) is 6.37. The van der Waals surface area contributed by atoms with Gasteiger partial charge in [0, 0.05) is 11.6 Å².